The van der Waals surface area contributed by atoms with E-state index < -0.39 is 8.25 Å². The van der Waals surface area contributed by atoms with E-state index in [0.29, 0.717) is 18.0 Å². The van der Waals surface area contributed by atoms with Crippen molar-refractivity contribution in [2.24, 2.45) is 0 Å². The Balaban J connectivity index is 1.74. The number of piperazine rings is 1. The summed E-state index contributed by atoms with van der Waals surface area (Å²) in [5, 5.41) is 0.916. The minimum absolute atomic E-state index is 0.249. The Morgan fingerprint density at radius 1 is 1.12 bits per heavy atom. The SMILES string of the molecule is COc1cc2ncnc(N3CCN(CCO[P+](=O)O)CC3)c2cc1OC. The number of methoxy groups -OCH3 is 2. The van der Waals surface area contributed by atoms with E-state index in [0.717, 1.165) is 42.9 Å². The van der Waals surface area contributed by atoms with Crippen LogP contribution >= 0.6 is 8.25 Å². The van der Waals surface area contributed by atoms with Gasteiger partial charge < -0.3 is 14.4 Å². The van der Waals surface area contributed by atoms with Gasteiger partial charge in [0.15, 0.2) is 11.5 Å². The number of fused-ring (bicyclic) bond motifs is 1. The van der Waals surface area contributed by atoms with E-state index in [4.69, 9.17) is 18.9 Å². The summed E-state index contributed by atoms with van der Waals surface area (Å²) in [6.07, 6.45) is 1.56. The number of ether oxygens (including phenoxy) is 2. The molecule has 0 amide bonds. The average Bonchev–Trinajstić information content (AvgIpc) is 2.66. The van der Waals surface area contributed by atoms with Gasteiger partial charge in [-0.05, 0) is 6.07 Å². The zero-order chi connectivity index (χ0) is 18.5. The van der Waals surface area contributed by atoms with Crippen molar-refractivity contribution in [2.75, 3.05) is 58.5 Å². The Morgan fingerprint density at radius 2 is 1.81 bits per heavy atom. The highest BCUT2D eigenvalue weighted by atomic mass is 31.1. The van der Waals surface area contributed by atoms with Crippen LogP contribution in [0.3, 0.4) is 0 Å². The van der Waals surface area contributed by atoms with E-state index in [1.165, 1.54) is 0 Å². The lowest BCUT2D eigenvalue weighted by atomic mass is 10.2. The van der Waals surface area contributed by atoms with Crippen LogP contribution in [0.15, 0.2) is 18.5 Å². The minimum Gasteiger partial charge on any atom is -0.493 e. The van der Waals surface area contributed by atoms with E-state index in [1.54, 1.807) is 20.5 Å². The fourth-order valence-electron chi connectivity index (χ4n) is 3.05. The van der Waals surface area contributed by atoms with Crippen molar-refractivity contribution in [3.8, 4) is 11.5 Å². The molecule has 2 heterocycles. The van der Waals surface area contributed by atoms with Crippen LogP contribution in [0.2, 0.25) is 0 Å². The maximum Gasteiger partial charge on any atom is 0.694 e. The van der Waals surface area contributed by atoms with Gasteiger partial charge in [0.25, 0.3) is 0 Å². The van der Waals surface area contributed by atoms with Gasteiger partial charge >= 0.3 is 8.25 Å². The number of anilines is 1. The lowest BCUT2D eigenvalue weighted by Gasteiger charge is -2.35. The third-order valence-corrected chi connectivity index (χ3v) is 4.80. The van der Waals surface area contributed by atoms with Crippen molar-refractivity contribution < 1.29 is 23.5 Å². The maximum atomic E-state index is 10.6. The van der Waals surface area contributed by atoms with Crippen molar-refractivity contribution in [2.45, 2.75) is 0 Å². The van der Waals surface area contributed by atoms with Gasteiger partial charge in [0, 0.05) is 48.7 Å². The molecule has 1 aliphatic rings. The fourth-order valence-corrected chi connectivity index (χ4v) is 3.29. The first-order chi connectivity index (χ1) is 12.6. The van der Waals surface area contributed by atoms with Crippen LogP contribution in [-0.2, 0) is 9.09 Å². The first kappa shape index (κ1) is 18.7. The van der Waals surface area contributed by atoms with Crippen molar-refractivity contribution in [1.82, 2.24) is 14.9 Å². The molecule has 3 rings (SSSR count). The van der Waals surface area contributed by atoms with E-state index in [1.807, 2.05) is 12.1 Å². The van der Waals surface area contributed by atoms with Gasteiger partial charge in [-0.2, -0.15) is 0 Å². The summed E-state index contributed by atoms with van der Waals surface area (Å²) >= 11 is 0. The Morgan fingerprint density at radius 3 is 2.46 bits per heavy atom. The lowest BCUT2D eigenvalue weighted by Crippen LogP contribution is -2.47. The quantitative estimate of drug-likeness (QED) is 0.715. The van der Waals surface area contributed by atoms with Gasteiger partial charge in [-0.15, -0.1) is 9.42 Å². The summed E-state index contributed by atoms with van der Waals surface area (Å²) in [5.41, 5.74) is 0.801. The Labute approximate surface area is 152 Å². The predicted molar refractivity (Wildman–Crippen MR) is 97.1 cm³/mol. The molecule has 26 heavy (non-hydrogen) atoms. The van der Waals surface area contributed by atoms with Crippen molar-refractivity contribution in [3.05, 3.63) is 18.5 Å². The lowest BCUT2D eigenvalue weighted by molar-refractivity contribution is 0.194. The van der Waals surface area contributed by atoms with Gasteiger partial charge in [0.2, 0.25) is 0 Å². The molecular formula is C16H22N4O5P+. The molecule has 140 valence electrons. The molecular weight excluding hydrogens is 359 g/mol. The first-order valence-corrected chi connectivity index (χ1v) is 9.38. The smallest absolute Gasteiger partial charge is 0.493 e. The van der Waals surface area contributed by atoms with Crippen LogP contribution in [0.1, 0.15) is 0 Å². The molecule has 0 aliphatic carbocycles. The fraction of sp³-hybridized carbons (Fsp3) is 0.500. The normalized spacial score (nSPS) is 16.0. The largest absolute Gasteiger partial charge is 0.694 e. The molecule has 9 nitrogen and oxygen atoms in total. The van der Waals surface area contributed by atoms with Crippen molar-refractivity contribution >= 4 is 25.0 Å². The summed E-state index contributed by atoms with van der Waals surface area (Å²) in [6.45, 7) is 4.12. The molecule has 1 aliphatic heterocycles. The molecule has 1 atom stereocenters. The van der Waals surface area contributed by atoms with Crippen LogP contribution in [0, 0.1) is 0 Å². The van der Waals surface area contributed by atoms with E-state index in [9.17, 15) is 4.57 Å². The molecule has 1 aromatic heterocycles. The van der Waals surface area contributed by atoms with Crippen LogP contribution in [0.5, 0.6) is 11.5 Å². The highest BCUT2D eigenvalue weighted by Gasteiger charge is 2.22. The summed E-state index contributed by atoms with van der Waals surface area (Å²) in [5.74, 6) is 2.15. The molecule has 1 N–H and O–H groups in total. The topological polar surface area (TPSA) is 97.3 Å². The van der Waals surface area contributed by atoms with Crippen molar-refractivity contribution in [1.29, 1.82) is 0 Å². The van der Waals surface area contributed by atoms with Gasteiger partial charge in [-0.3, -0.25) is 4.90 Å². The van der Waals surface area contributed by atoms with E-state index in [2.05, 4.69) is 19.8 Å². The number of benzene rings is 1. The molecule has 2 aromatic rings. The van der Waals surface area contributed by atoms with Gasteiger partial charge in [-0.1, -0.05) is 0 Å². The summed E-state index contributed by atoms with van der Waals surface area (Å²) in [4.78, 5) is 21.9. The number of hydrogen-bond acceptors (Lipinski definition) is 8. The van der Waals surface area contributed by atoms with E-state index in [-0.39, 0.29) is 6.61 Å². The third-order valence-electron chi connectivity index (χ3n) is 4.40. The van der Waals surface area contributed by atoms with Gasteiger partial charge in [-0.25, -0.2) is 9.97 Å². The molecule has 1 fully saturated rings. The summed E-state index contributed by atoms with van der Waals surface area (Å²) in [6, 6.07) is 3.75. The maximum absolute atomic E-state index is 10.6. The summed E-state index contributed by atoms with van der Waals surface area (Å²) < 4.78 is 26.0. The number of aromatic nitrogens is 2. The van der Waals surface area contributed by atoms with Gasteiger partial charge in [0.05, 0.1) is 19.7 Å². The number of rotatable bonds is 7. The van der Waals surface area contributed by atoms with Crippen LogP contribution in [-0.4, -0.2) is 73.3 Å². The first-order valence-electron chi connectivity index (χ1n) is 8.25. The highest BCUT2D eigenvalue weighted by molar-refractivity contribution is 7.32. The zero-order valence-electron chi connectivity index (χ0n) is 14.8. The van der Waals surface area contributed by atoms with E-state index >= 15 is 0 Å². The van der Waals surface area contributed by atoms with Crippen LogP contribution in [0.25, 0.3) is 10.9 Å². The molecule has 1 unspecified atom stereocenters. The standard InChI is InChI=1S/C16H21N4O5P/c1-23-14-9-12-13(10-15(14)24-2)17-11-18-16(12)20-5-3-19(4-6-20)7-8-25-26(21)22/h9-11H,3-8H2,1-2H3/p+1. The molecule has 1 saturated heterocycles. The van der Waals surface area contributed by atoms with Gasteiger partial charge in [0.1, 0.15) is 18.8 Å². The second-order valence-corrected chi connectivity index (χ2v) is 6.56. The van der Waals surface area contributed by atoms with Crippen molar-refractivity contribution in [3.63, 3.8) is 0 Å². The molecule has 0 radical (unpaired) electrons. The Kier molecular flexibility index (Phi) is 6.16. The second-order valence-electron chi connectivity index (χ2n) is 5.82. The molecule has 10 heteroatoms. The van der Waals surface area contributed by atoms with Crippen LogP contribution in [0.4, 0.5) is 5.82 Å². The molecule has 0 spiro atoms. The predicted octanol–water partition coefficient (Wildman–Crippen LogP) is 1.44. The number of hydrogen-bond donors (Lipinski definition) is 1. The third kappa shape index (κ3) is 4.19. The number of nitrogens with zero attached hydrogens (tertiary/aromatic N) is 4. The molecule has 1 aromatic carbocycles. The average molecular weight is 381 g/mol. The highest BCUT2D eigenvalue weighted by Crippen LogP contribution is 2.34. The Hall–Kier alpha value is -2.06. The summed E-state index contributed by atoms with van der Waals surface area (Å²) in [7, 11) is 0.677. The second kappa shape index (κ2) is 8.55. The zero-order valence-corrected chi connectivity index (χ0v) is 15.7. The molecule has 0 saturated carbocycles. The van der Waals surface area contributed by atoms with Crippen LogP contribution < -0.4 is 14.4 Å². The minimum atomic E-state index is -2.53. The monoisotopic (exact) mass is 381 g/mol. The molecule has 0 bridgehead atoms. The Bertz CT molecular complexity index is 783.